The summed E-state index contributed by atoms with van der Waals surface area (Å²) in [5, 5.41) is 16.5. The number of pyridine rings is 1. The number of benzene rings is 1. The van der Waals surface area contributed by atoms with Crippen LogP contribution in [0, 0.1) is 28.9 Å². The Balaban J connectivity index is 1.49. The first-order chi connectivity index (χ1) is 19.3. The van der Waals surface area contributed by atoms with E-state index in [-0.39, 0.29) is 28.7 Å². The zero-order chi connectivity index (χ0) is 29.7. The number of nitrogens with one attached hydrogen (secondary N) is 1. The molecule has 4 aromatic rings. The number of nitrogens with zero attached hydrogens (tertiary/aromatic N) is 5. The molecule has 0 spiro atoms. The van der Waals surface area contributed by atoms with E-state index in [0.29, 0.717) is 30.0 Å². The second kappa shape index (κ2) is 10.5. The molecule has 12 heteroatoms. The third-order valence-corrected chi connectivity index (χ3v) is 9.72. The van der Waals surface area contributed by atoms with E-state index in [0.717, 1.165) is 17.7 Å². The Morgan fingerprint density at radius 1 is 1.15 bits per heavy atom. The maximum Gasteiger partial charge on any atom is 0.229 e. The van der Waals surface area contributed by atoms with Gasteiger partial charge in [0, 0.05) is 18.5 Å². The predicted octanol–water partition coefficient (Wildman–Crippen LogP) is 4.87. The van der Waals surface area contributed by atoms with Crippen molar-refractivity contribution in [3.05, 3.63) is 71.7 Å². The number of nitrogens with two attached hydrogens (primary N) is 1. The normalized spacial score (nSPS) is 21.5. The number of anilines is 2. The van der Waals surface area contributed by atoms with Crippen molar-refractivity contribution in [2.24, 2.45) is 11.7 Å². The zero-order valence-electron chi connectivity index (χ0n) is 23.1. The van der Waals surface area contributed by atoms with Crippen LogP contribution in [0.3, 0.4) is 0 Å². The lowest BCUT2D eigenvalue weighted by Crippen LogP contribution is -2.48. The van der Waals surface area contributed by atoms with E-state index in [1.165, 1.54) is 16.8 Å². The monoisotopic (exact) mass is 579 g/mol. The van der Waals surface area contributed by atoms with Crippen molar-refractivity contribution in [3.8, 4) is 17.3 Å². The fourth-order valence-corrected chi connectivity index (χ4v) is 7.59. The van der Waals surface area contributed by atoms with Gasteiger partial charge in [-0.3, -0.25) is 4.98 Å². The highest BCUT2D eigenvalue weighted by atomic mass is 32.2. The summed E-state index contributed by atoms with van der Waals surface area (Å²) >= 11 is 0. The van der Waals surface area contributed by atoms with Crippen molar-refractivity contribution in [1.82, 2.24) is 19.6 Å². The van der Waals surface area contributed by atoms with Crippen LogP contribution in [0.1, 0.15) is 50.7 Å². The quantitative estimate of drug-likeness (QED) is 0.330. The number of fused-ring (bicyclic) bond motifs is 1. The molecule has 1 saturated carbocycles. The molecule has 0 unspecified atom stereocenters. The van der Waals surface area contributed by atoms with Gasteiger partial charge in [0.1, 0.15) is 11.6 Å². The van der Waals surface area contributed by atoms with Crippen LogP contribution in [-0.2, 0) is 15.3 Å². The molecule has 0 radical (unpaired) electrons. The smallest absolute Gasteiger partial charge is 0.229 e. The van der Waals surface area contributed by atoms with Gasteiger partial charge < -0.3 is 11.1 Å². The molecule has 9 nitrogen and oxygen atoms in total. The molecule has 3 aromatic heterocycles. The highest BCUT2D eigenvalue weighted by molar-refractivity contribution is 7.91. The number of halogens is 2. The second-order valence-corrected chi connectivity index (χ2v) is 13.6. The van der Waals surface area contributed by atoms with Crippen LogP contribution < -0.4 is 11.1 Å². The van der Waals surface area contributed by atoms with Gasteiger partial charge in [-0.05, 0) is 80.0 Å². The molecule has 4 atom stereocenters. The maximum absolute atomic E-state index is 15.2. The number of nitriles is 1. The van der Waals surface area contributed by atoms with Gasteiger partial charge in [0.25, 0.3) is 0 Å². The van der Waals surface area contributed by atoms with E-state index in [1.54, 1.807) is 38.5 Å². The standard InChI is InChI=1S/C29H31F2N7O2S/c1-16-9-17(10-23(33)27(16)41(4,39)40)20-7-8-34-14-25(20)36-28-35-13-19-5-6-24(37-38(19)28)26-21(30)11-18(12-22(26)31)29(2,3)15-32/h5-8,11-14,16-17,23,27H,9-10,33H2,1-4H3,(H,35,36)/t16-,17+,23+,27-/m0/s1. The first kappa shape index (κ1) is 28.6. The summed E-state index contributed by atoms with van der Waals surface area (Å²) in [6.07, 6.45) is 7.25. The molecule has 1 aromatic carbocycles. The average molecular weight is 580 g/mol. The molecule has 0 aliphatic heterocycles. The summed E-state index contributed by atoms with van der Waals surface area (Å²) < 4.78 is 56.4. The van der Waals surface area contributed by atoms with E-state index in [9.17, 15) is 13.7 Å². The second-order valence-electron chi connectivity index (χ2n) is 11.4. The van der Waals surface area contributed by atoms with Gasteiger partial charge in [0.05, 0.1) is 51.6 Å². The molecule has 0 amide bonds. The largest absolute Gasteiger partial charge is 0.326 e. The van der Waals surface area contributed by atoms with Gasteiger partial charge in [0.2, 0.25) is 5.95 Å². The minimum Gasteiger partial charge on any atom is -0.326 e. The number of hydrogen-bond acceptors (Lipinski definition) is 8. The molecule has 0 saturated heterocycles. The topological polar surface area (TPSA) is 139 Å². The average Bonchev–Trinajstić information content (AvgIpc) is 3.29. The molecule has 41 heavy (non-hydrogen) atoms. The summed E-state index contributed by atoms with van der Waals surface area (Å²) in [5.41, 5.74) is 7.43. The van der Waals surface area contributed by atoms with E-state index < -0.39 is 38.2 Å². The van der Waals surface area contributed by atoms with Gasteiger partial charge in [-0.15, -0.1) is 0 Å². The van der Waals surface area contributed by atoms with E-state index in [4.69, 9.17) is 5.73 Å². The fraction of sp³-hybridized carbons (Fsp3) is 0.379. The summed E-state index contributed by atoms with van der Waals surface area (Å²) in [6.45, 7) is 5.09. The van der Waals surface area contributed by atoms with Crippen LogP contribution in [0.25, 0.3) is 16.8 Å². The number of aromatic nitrogens is 4. The third kappa shape index (κ3) is 5.39. The summed E-state index contributed by atoms with van der Waals surface area (Å²) in [6, 6.07) is 8.90. The SMILES string of the molecule is C[C@H]1C[C@@H](c2ccncc2Nc2ncc3ccc(-c4c(F)cc(C(C)(C)C#N)cc4F)nn23)C[C@@H](N)[C@H]1S(C)(=O)=O. The van der Waals surface area contributed by atoms with E-state index in [2.05, 4.69) is 26.5 Å². The Hall–Kier alpha value is -3.95. The van der Waals surface area contributed by atoms with Crippen molar-refractivity contribution in [2.75, 3.05) is 11.6 Å². The fourth-order valence-electron chi connectivity index (χ4n) is 5.89. The van der Waals surface area contributed by atoms with Crippen LogP contribution in [0.5, 0.6) is 0 Å². The molecular formula is C29H31F2N7O2S. The van der Waals surface area contributed by atoms with Crippen molar-refractivity contribution in [1.29, 1.82) is 5.26 Å². The zero-order valence-corrected chi connectivity index (χ0v) is 24.0. The number of sulfone groups is 1. The Morgan fingerprint density at radius 2 is 1.85 bits per heavy atom. The minimum absolute atomic E-state index is 0.0161. The first-order valence-corrected chi connectivity index (χ1v) is 15.2. The van der Waals surface area contributed by atoms with E-state index in [1.807, 2.05) is 13.0 Å². The Kier molecular flexibility index (Phi) is 7.29. The molecule has 1 aliphatic carbocycles. The third-order valence-electron chi connectivity index (χ3n) is 7.91. The number of imidazole rings is 1. The maximum atomic E-state index is 15.2. The van der Waals surface area contributed by atoms with Crippen molar-refractivity contribution >= 4 is 27.0 Å². The Labute approximate surface area is 237 Å². The van der Waals surface area contributed by atoms with Gasteiger partial charge >= 0.3 is 0 Å². The van der Waals surface area contributed by atoms with E-state index >= 15 is 8.78 Å². The van der Waals surface area contributed by atoms with Gasteiger partial charge in [-0.1, -0.05) is 6.92 Å². The molecule has 3 N–H and O–H groups in total. The van der Waals surface area contributed by atoms with Crippen molar-refractivity contribution in [2.45, 2.75) is 56.2 Å². The minimum atomic E-state index is -3.29. The molecule has 3 heterocycles. The first-order valence-electron chi connectivity index (χ1n) is 13.2. The summed E-state index contributed by atoms with van der Waals surface area (Å²) in [5.74, 6) is -1.49. The van der Waals surface area contributed by atoms with Crippen molar-refractivity contribution < 1.29 is 17.2 Å². The van der Waals surface area contributed by atoms with Crippen LogP contribution >= 0.6 is 0 Å². The van der Waals surface area contributed by atoms with Gasteiger partial charge in [-0.25, -0.2) is 22.2 Å². The highest BCUT2D eigenvalue weighted by Gasteiger charge is 2.40. The molecule has 5 rings (SSSR count). The lowest BCUT2D eigenvalue weighted by molar-refractivity contribution is 0.309. The molecule has 214 valence electrons. The summed E-state index contributed by atoms with van der Waals surface area (Å²) in [7, 11) is -3.29. The van der Waals surface area contributed by atoms with Crippen molar-refractivity contribution in [3.63, 3.8) is 0 Å². The Morgan fingerprint density at radius 3 is 2.49 bits per heavy atom. The highest BCUT2D eigenvalue weighted by Crippen LogP contribution is 2.41. The van der Waals surface area contributed by atoms with Crippen LogP contribution in [0.4, 0.5) is 20.4 Å². The number of hydrogen-bond donors (Lipinski definition) is 2. The Bertz CT molecular complexity index is 1750. The molecule has 1 fully saturated rings. The molecule has 0 bridgehead atoms. The predicted molar refractivity (Wildman–Crippen MR) is 152 cm³/mol. The van der Waals surface area contributed by atoms with Gasteiger partial charge in [0.15, 0.2) is 9.84 Å². The molecule has 1 aliphatic rings. The number of rotatable bonds is 6. The summed E-state index contributed by atoms with van der Waals surface area (Å²) in [4.78, 5) is 8.67. The lowest BCUT2D eigenvalue weighted by atomic mass is 9.76. The van der Waals surface area contributed by atoms with Crippen LogP contribution in [0.2, 0.25) is 0 Å². The van der Waals surface area contributed by atoms with Gasteiger partial charge in [-0.2, -0.15) is 14.9 Å². The lowest BCUT2D eigenvalue weighted by Gasteiger charge is -2.38. The molecular weight excluding hydrogens is 548 g/mol. The van der Waals surface area contributed by atoms with Crippen LogP contribution in [-0.4, -0.2) is 45.5 Å². The van der Waals surface area contributed by atoms with Crippen LogP contribution in [0.15, 0.2) is 48.9 Å².